The summed E-state index contributed by atoms with van der Waals surface area (Å²) in [6, 6.07) is 5.62. The molecule has 3 heteroatoms. The van der Waals surface area contributed by atoms with Crippen LogP contribution < -0.4 is 0 Å². The molecule has 0 heterocycles. The van der Waals surface area contributed by atoms with E-state index in [4.69, 9.17) is 23.2 Å². The summed E-state index contributed by atoms with van der Waals surface area (Å²) in [4.78, 5) is 0.335. The van der Waals surface area contributed by atoms with E-state index in [-0.39, 0.29) is 0 Å². The van der Waals surface area contributed by atoms with Crippen molar-refractivity contribution >= 4 is 39.1 Å². The molecule has 1 unspecified atom stereocenters. The van der Waals surface area contributed by atoms with Crippen LogP contribution in [0.4, 0.5) is 0 Å². The first kappa shape index (κ1) is 11.4. The molecule has 0 aliphatic rings. The fourth-order valence-electron chi connectivity index (χ4n) is 1.16. The predicted molar refractivity (Wildman–Crippen MR) is 63.0 cm³/mol. The summed E-state index contributed by atoms with van der Waals surface area (Å²) in [7, 11) is 0. The lowest BCUT2D eigenvalue weighted by atomic mass is 10.1. The van der Waals surface area contributed by atoms with Crippen LogP contribution in [-0.2, 0) is 0 Å². The predicted octanol–water partition coefficient (Wildman–Crippen LogP) is 5.23. The number of hydrogen-bond acceptors (Lipinski definition) is 0. The Balaban J connectivity index is 2.88. The van der Waals surface area contributed by atoms with E-state index in [0.717, 1.165) is 23.4 Å². The molecule has 0 amide bonds. The Morgan fingerprint density at radius 2 is 2.08 bits per heavy atom. The molecule has 0 radical (unpaired) electrons. The van der Waals surface area contributed by atoms with E-state index >= 15 is 0 Å². The van der Waals surface area contributed by atoms with Gasteiger partial charge in [-0.3, -0.25) is 0 Å². The molecule has 0 nitrogen and oxygen atoms in total. The topological polar surface area (TPSA) is 0 Å². The van der Waals surface area contributed by atoms with Crippen molar-refractivity contribution in [3.05, 3.63) is 33.8 Å². The second-order valence-electron chi connectivity index (χ2n) is 2.92. The lowest BCUT2D eigenvalue weighted by molar-refractivity contribution is 0.788. The van der Waals surface area contributed by atoms with Crippen molar-refractivity contribution in [2.24, 2.45) is 0 Å². The van der Waals surface area contributed by atoms with Gasteiger partial charge in [0.05, 0.1) is 0 Å². The van der Waals surface area contributed by atoms with E-state index in [1.807, 2.05) is 12.1 Å². The normalized spacial score (nSPS) is 12.9. The van der Waals surface area contributed by atoms with Crippen molar-refractivity contribution in [2.75, 3.05) is 0 Å². The highest BCUT2D eigenvalue weighted by molar-refractivity contribution is 9.09. The Hall–Kier alpha value is 0.280. The molecule has 0 aromatic heterocycles. The number of hydrogen-bond donors (Lipinski definition) is 0. The Labute approximate surface area is 97.4 Å². The van der Waals surface area contributed by atoms with Crippen molar-refractivity contribution in [3.63, 3.8) is 0 Å². The number of benzene rings is 1. The van der Waals surface area contributed by atoms with Crippen molar-refractivity contribution < 1.29 is 0 Å². The molecule has 0 fully saturated rings. The molecule has 1 aromatic carbocycles. The summed E-state index contributed by atoms with van der Waals surface area (Å²) >= 11 is 15.4. The van der Waals surface area contributed by atoms with Gasteiger partial charge in [-0.15, -0.1) is 0 Å². The van der Waals surface area contributed by atoms with Gasteiger partial charge in [-0.05, 0) is 24.1 Å². The van der Waals surface area contributed by atoms with Gasteiger partial charge in [0.25, 0.3) is 0 Å². The molecule has 0 saturated carbocycles. The third-order valence-electron chi connectivity index (χ3n) is 1.84. The molecule has 13 heavy (non-hydrogen) atoms. The van der Waals surface area contributed by atoms with E-state index in [0.29, 0.717) is 9.85 Å². The van der Waals surface area contributed by atoms with Gasteiger partial charge >= 0.3 is 0 Å². The Kier molecular flexibility index (Phi) is 4.57. The van der Waals surface area contributed by atoms with E-state index in [2.05, 4.69) is 22.9 Å². The maximum Gasteiger partial charge on any atom is 0.0464 e. The smallest absolute Gasteiger partial charge is 0.0464 e. The quantitative estimate of drug-likeness (QED) is 0.666. The van der Waals surface area contributed by atoms with E-state index < -0.39 is 0 Å². The van der Waals surface area contributed by atoms with Crippen LogP contribution in [0.25, 0.3) is 0 Å². The third-order valence-corrected chi connectivity index (χ3v) is 3.36. The van der Waals surface area contributed by atoms with Crippen molar-refractivity contribution in [1.82, 2.24) is 0 Å². The van der Waals surface area contributed by atoms with Gasteiger partial charge in [0, 0.05) is 14.9 Å². The summed E-state index contributed by atoms with van der Waals surface area (Å²) in [5.74, 6) is 0. The van der Waals surface area contributed by atoms with E-state index in [9.17, 15) is 0 Å². The number of halogens is 3. The summed E-state index contributed by atoms with van der Waals surface area (Å²) in [6.07, 6.45) is 2.22. The highest BCUT2D eigenvalue weighted by Crippen LogP contribution is 2.34. The molecule has 0 saturated heterocycles. The molecule has 0 bridgehead atoms. The highest BCUT2D eigenvalue weighted by atomic mass is 79.9. The first-order chi connectivity index (χ1) is 6.15. The van der Waals surface area contributed by atoms with E-state index in [1.54, 1.807) is 6.07 Å². The molecule has 1 atom stereocenters. The molecule has 1 aromatic rings. The molecule has 0 N–H and O–H groups in total. The van der Waals surface area contributed by atoms with E-state index in [1.165, 1.54) is 0 Å². The van der Waals surface area contributed by atoms with Gasteiger partial charge in [-0.25, -0.2) is 0 Å². The zero-order valence-corrected chi connectivity index (χ0v) is 10.5. The molecule has 0 aliphatic carbocycles. The maximum atomic E-state index is 6.05. The minimum Gasteiger partial charge on any atom is -0.0843 e. The van der Waals surface area contributed by atoms with Crippen LogP contribution in [0.15, 0.2) is 18.2 Å². The van der Waals surface area contributed by atoms with Gasteiger partial charge < -0.3 is 0 Å². The number of rotatable bonds is 3. The molecular weight excluding hydrogens is 271 g/mol. The SMILES string of the molecule is CCCC(Br)c1ccc(Cl)cc1Cl. The number of alkyl halides is 1. The molecule has 1 rings (SSSR count). The fraction of sp³-hybridized carbons (Fsp3) is 0.400. The Bertz CT molecular complexity index is 286. The molecule has 0 spiro atoms. The first-order valence-electron chi connectivity index (χ1n) is 4.24. The van der Waals surface area contributed by atoms with Crippen LogP contribution >= 0.6 is 39.1 Å². The lowest BCUT2D eigenvalue weighted by Gasteiger charge is -2.10. The third kappa shape index (κ3) is 3.16. The van der Waals surface area contributed by atoms with Crippen LogP contribution in [0.5, 0.6) is 0 Å². The second-order valence-corrected chi connectivity index (χ2v) is 4.87. The van der Waals surface area contributed by atoms with Gasteiger partial charge in [-0.1, -0.05) is 58.5 Å². The zero-order valence-electron chi connectivity index (χ0n) is 7.36. The fourth-order valence-corrected chi connectivity index (χ4v) is 2.69. The first-order valence-corrected chi connectivity index (χ1v) is 5.91. The lowest BCUT2D eigenvalue weighted by Crippen LogP contribution is -1.90. The van der Waals surface area contributed by atoms with Crippen molar-refractivity contribution in [3.8, 4) is 0 Å². The second kappa shape index (κ2) is 5.23. The summed E-state index contributed by atoms with van der Waals surface area (Å²) in [5, 5.41) is 1.42. The minimum atomic E-state index is 0.335. The Morgan fingerprint density at radius 3 is 2.62 bits per heavy atom. The van der Waals surface area contributed by atoms with Crippen LogP contribution in [0.3, 0.4) is 0 Å². The average Bonchev–Trinajstić information content (AvgIpc) is 2.04. The molecular formula is C10H11BrCl2. The van der Waals surface area contributed by atoms with Gasteiger partial charge in [0.1, 0.15) is 0 Å². The van der Waals surface area contributed by atoms with Crippen molar-refractivity contribution in [1.29, 1.82) is 0 Å². The van der Waals surface area contributed by atoms with Crippen LogP contribution in [-0.4, -0.2) is 0 Å². The summed E-state index contributed by atoms with van der Waals surface area (Å²) in [6.45, 7) is 2.15. The standard InChI is InChI=1S/C10H11BrCl2/c1-2-3-9(11)8-5-4-7(12)6-10(8)13/h4-6,9H,2-3H2,1H3. The minimum absolute atomic E-state index is 0.335. The Morgan fingerprint density at radius 1 is 1.38 bits per heavy atom. The summed E-state index contributed by atoms with van der Waals surface area (Å²) in [5.41, 5.74) is 1.12. The molecule has 0 aliphatic heterocycles. The monoisotopic (exact) mass is 280 g/mol. The highest BCUT2D eigenvalue weighted by Gasteiger charge is 2.10. The zero-order chi connectivity index (χ0) is 9.84. The van der Waals surface area contributed by atoms with Crippen LogP contribution in [0, 0.1) is 0 Å². The van der Waals surface area contributed by atoms with Gasteiger partial charge in [0.2, 0.25) is 0 Å². The molecule has 72 valence electrons. The van der Waals surface area contributed by atoms with Gasteiger partial charge in [-0.2, -0.15) is 0 Å². The van der Waals surface area contributed by atoms with Gasteiger partial charge in [0.15, 0.2) is 0 Å². The average molecular weight is 282 g/mol. The maximum absolute atomic E-state index is 6.05. The largest absolute Gasteiger partial charge is 0.0843 e. The summed E-state index contributed by atoms with van der Waals surface area (Å²) < 4.78 is 0. The van der Waals surface area contributed by atoms with Crippen LogP contribution in [0.1, 0.15) is 30.2 Å². The van der Waals surface area contributed by atoms with Crippen LogP contribution in [0.2, 0.25) is 10.0 Å². The van der Waals surface area contributed by atoms with Crippen molar-refractivity contribution in [2.45, 2.75) is 24.6 Å².